The average Bonchev–Trinajstić information content (AvgIpc) is 2.24. The molecule has 0 saturated heterocycles. The first-order valence-electron chi connectivity index (χ1n) is 5.02. The molecule has 0 radical (unpaired) electrons. The Kier molecular flexibility index (Phi) is 3.88. The Labute approximate surface area is 93.9 Å². The molecule has 4 heteroatoms. The highest BCUT2D eigenvalue weighted by Gasteiger charge is 2.17. The molecule has 1 aromatic carbocycles. The summed E-state index contributed by atoms with van der Waals surface area (Å²) in [6, 6.07) is 2.84. The molecule has 1 atom stereocenters. The van der Waals surface area contributed by atoms with Gasteiger partial charge in [-0.2, -0.15) is 0 Å². The fraction of sp³-hybridized carbons (Fsp3) is 0.417. The van der Waals surface area contributed by atoms with Crippen molar-refractivity contribution in [3.05, 3.63) is 29.1 Å². The first-order valence-corrected chi connectivity index (χ1v) is 5.02. The van der Waals surface area contributed by atoms with Crippen molar-refractivity contribution < 1.29 is 19.0 Å². The highest BCUT2D eigenvalue weighted by Crippen LogP contribution is 2.25. The lowest BCUT2D eigenvalue weighted by molar-refractivity contribution is -0.141. The zero-order valence-corrected chi connectivity index (χ0v) is 9.58. The number of halogens is 1. The van der Waals surface area contributed by atoms with Gasteiger partial charge in [0.2, 0.25) is 0 Å². The third-order valence-corrected chi connectivity index (χ3v) is 2.64. The monoisotopic (exact) mass is 226 g/mol. The maximum absolute atomic E-state index is 13.5. The van der Waals surface area contributed by atoms with E-state index >= 15 is 0 Å². The predicted octanol–water partition coefficient (Wildman–Crippen LogP) is 2.41. The van der Waals surface area contributed by atoms with Crippen molar-refractivity contribution in [2.24, 2.45) is 5.92 Å². The molecule has 0 amide bonds. The lowest BCUT2D eigenvalue weighted by Crippen LogP contribution is -2.14. The summed E-state index contributed by atoms with van der Waals surface area (Å²) in [6.45, 7) is 3.28. The first kappa shape index (κ1) is 12.5. The number of hydrogen-bond donors (Lipinski definition) is 1. The number of benzene rings is 1. The van der Waals surface area contributed by atoms with Crippen LogP contribution in [0.4, 0.5) is 4.39 Å². The van der Waals surface area contributed by atoms with E-state index in [9.17, 15) is 9.18 Å². The minimum Gasteiger partial charge on any atom is -0.496 e. The van der Waals surface area contributed by atoms with Crippen LogP contribution in [0.2, 0.25) is 0 Å². The lowest BCUT2D eigenvalue weighted by Gasteiger charge is -2.13. The molecule has 1 rings (SSSR count). The van der Waals surface area contributed by atoms with E-state index in [0.29, 0.717) is 16.9 Å². The van der Waals surface area contributed by atoms with Crippen LogP contribution >= 0.6 is 0 Å². The van der Waals surface area contributed by atoms with Crippen molar-refractivity contribution >= 4 is 5.97 Å². The molecule has 0 fully saturated rings. The Hall–Kier alpha value is -1.58. The fourth-order valence-corrected chi connectivity index (χ4v) is 1.57. The summed E-state index contributed by atoms with van der Waals surface area (Å²) in [5.74, 6) is -1.35. The van der Waals surface area contributed by atoms with Crippen molar-refractivity contribution in [1.29, 1.82) is 0 Å². The summed E-state index contributed by atoms with van der Waals surface area (Å²) in [5, 5.41) is 8.80. The van der Waals surface area contributed by atoms with Crippen LogP contribution in [0.1, 0.15) is 18.1 Å². The number of aliphatic carboxylic acids is 1. The van der Waals surface area contributed by atoms with E-state index < -0.39 is 11.9 Å². The van der Waals surface area contributed by atoms with E-state index in [4.69, 9.17) is 9.84 Å². The number of carbonyl (C=O) groups is 1. The van der Waals surface area contributed by atoms with Crippen LogP contribution in [0, 0.1) is 18.7 Å². The van der Waals surface area contributed by atoms with Gasteiger partial charge < -0.3 is 9.84 Å². The third kappa shape index (κ3) is 2.51. The van der Waals surface area contributed by atoms with E-state index in [1.54, 1.807) is 19.9 Å². The molecule has 0 aliphatic rings. The molecule has 0 bridgehead atoms. The first-order chi connectivity index (χ1) is 7.47. The summed E-state index contributed by atoms with van der Waals surface area (Å²) >= 11 is 0. The van der Waals surface area contributed by atoms with Crippen LogP contribution in [0.15, 0.2) is 12.1 Å². The summed E-state index contributed by atoms with van der Waals surface area (Å²) in [5.41, 5.74) is 1.07. The Balaban J connectivity index is 3.07. The van der Waals surface area contributed by atoms with E-state index in [0.717, 1.165) is 0 Å². The average molecular weight is 226 g/mol. The van der Waals surface area contributed by atoms with Gasteiger partial charge in [-0.15, -0.1) is 0 Å². The van der Waals surface area contributed by atoms with Crippen LogP contribution in [-0.2, 0) is 11.2 Å². The summed E-state index contributed by atoms with van der Waals surface area (Å²) in [6.07, 6.45) is 0.171. The molecule has 0 spiro atoms. The van der Waals surface area contributed by atoms with Crippen LogP contribution in [0.25, 0.3) is 0 Å². The molecule has 0 aliphatic heterocycles. The number of methoxy groups -OCH3 is 1. The zero-order valence-electron chi connectivity index (χ0n) is 9.58. The van der Waals surface area contributed by atoms with Gasteiger partial charge in [0, 0.05) is 0 Å². The third-order valence-electron chi connectivity index (χ3n) is 2.64. The van der Waals surface area contributed by atoms with Crippen molar-refractivity contribution in [1.82, 2.24) is 0 Å². The van der Waals surface area contributed by atoms with E-state index in [1.807, 2.05) is 0 Å². The number of ether oxygens (including phenoxy) is 1. The number of carboxylic acid groups (broad SMARTS) is 1. The standard InChI is InChI=1S/C12H15FO3/c1-7(12(14)15)6-9-8(2)11(16-3)5-4-10(9)13/h4-5,7H,6H2,1-3H3,(H,14,15). The highest BCUT2D eigenvalue weighted by atomic mass is 19.1. The normalized spacial score (nSPS) is 12.2. The minimum absolute atomic E-state index is 0.171. The van der Waals surface area contributed by atoms with Crippen LogP contribution in [0.5, 0.6) is 5.75 Å². The van der Waals surface area contributed by atoms with Crippen molar-refractivity contribution in [3.63, 3.8) is 0 Å². The van der Waals surface area contributed by atoms with E-state index in [1.165, 1.54) is 13.2 Å². The molecule has 0 aliphatic carbocycles. The number of carboxylic acids is 1. The molecular formula is C12H15FO3. The van der Waals surface area contributed by atoms with Gasteiger partial charge >= 0.3 is 5.97 Å². The van der Waals surface area contributed by atoms with Gasteiger partial charge in [0.25, 0.3) is 0 Å². The predicted molar refractivity (Wildman–Crippen MR) is 58.2 cm³/mol. The largest absolute Gasteiger partial charge is 0.496 e. The van der Waals surface area contributed by atoms with Gasteiger partial charge in [-0.3, -0.25) is 4.79 Å². The van der Waals surface area contributed by atoms with Crippen LogP contribution in [0.3, 0.4) is 0 Å². The molecule has 0 heterocycles. The van der Waals surface area contributed by atoms with Crippen molar-refractivity contribution in [3.8, 4) is 5.75 Å². The lowest BCUT2D eigenvalue weighted by atomic mass is 9.96. The maximum atomic E-state index is 13.5. The Morgan fingerprint density at radius 2 is 2.19 bits per heavy atom. The molecule has 1 aromatic rings. The SMILES string of the molecule is COc1ccc(F)c(CC(C)C(=O)O)c1C. The molecule has 1 N–H and O–H groups in total. The zero-order chi connectivity index (χ0) is 12.3. The van der Waals surface area contributed by atoms with Gasteiger partial charge in [-0.25, -0.2) is 4.39 Å². The second-order valence-electron chi connectivity index (χ2n) is 3.80. The van der Waals surface area contributed by atoms with Crippen molar-refractivity contribution in [2.75, 3.05) is 7.11 Å². The molecule has 0 saturated carbocycles. The van der Waals surface area contributed by atoms with Crippen LogP contribution in [-0.4, -0.2) is 18.2 Å². The number of rotatable bonds is 4. The quantitative estimate of drug-likeness (QED) is 0.857. The fourth-order valence-electron chi connectivity index (χ4n) is 1.57. The second kappa shape index (κ2) is 4.96. The van der Waals surface area contributed by atoms with E-state index in [2.05, 4.69) is 0 Å². The van der Waals surface area contributed by atoms with Gasteiger partial charge in [-0.1, -0.05) is 6.92 Å². The van der Waals surface area contributed by atoms with Gasteiger partial charge in [0.15, 0.2) is 0 Å². The highest BCUT2D eigenvalue weighted by molar-refractivity contribution is 5.70. The van der Waals surface area contributed by atoms with Gasteiger partial charge in [0.05, 0.1) is 13.0 Å². The molecular weight excluding hydrogens is 211 g/mol. The maximum Gasteiger partial charge on any atom is 0.306 e. The Morgan fingerprint density at radius 3 is 2.69 bits per heavy atom. The topological polar surface area (TPSA) is 46.5 Å². The molecule has 88 valence electrons. The molecule has 1 unspecified atom stereocenters. The summed E-state index contributed by atoms with van der Waals surface area (Å²) in [7, 11) is 1.50. The summed E-state index contributed by atoms with van der Waals surface area (Å²) < 4.78 is 18.6. The molecule has 16 heavy (non-hydrogen) atoms. The Bertz CT molecular complexity index is 401. The molecule has 0 aromatic heterocycles. The van der Waals surface area contributed by atoms with E-state index in [-0.39, 0.29) is 12.2 Å². The van der Waals surface area contributed by atoms with Gasteiger partial charge in [-0.05, 0) is 36.6 Å². The summed E-state index contributed by atoms with van der Waals surface area (Å²) in [4.78, 5) is 10.7. The minimum atomic E-state index is -0.929. The Morgan fingerprint density at radius 1 is 1.56 bits per heavy atom. The second-order valence-corrected chi connectivity index (χ2v) is 3.80. The smallest absolute Gasteiger partial charge is 0.306 e. The molecule has 3 nitrogen and oxygen atoms in total. The van der Waals surface area contributed by atoms with Crippen LogP contribution < -0.4 is 4.74 Å². The van der Waals surface area contributed by atoms with Gasteiger partial charge in [0.1, 0.15) is 11.6 Å². The number of hydrogen-bond acceptors (Lipinski definition) is 2. The van der Waals surface area contributed by atoms with Crippen molar-refractivity contribution in [2.45, 2.75) is 20.3 Å².